The van der Waals surface area contributed by atoms with Crippen LogP contribution in [-0.4, -0.2) is 38.5 Å². The number of hydrogen-bond donors (Lipinski definition) is 2. The van der Waals surface area contributed by atoms with Crippen LogP contribution in [-0.2, 0) is 17.8 Å². The summed E-state index contributed by atoms with van der Waals surface area (Å²) < 4.78 is 59.4. The summed E-state index contributed by atoms with van der Waals surface area (Å²) in [6.45, 7) is 6.26. The summed E-state index contributed by atoms with van der Waals surface area (Å²) in [5.74, 6) is -1.38. The fraction of sp³-hybridized carbons (Fsp3) is 0.267. The van der Waals surface area contributed by atoms with E-state index in [-0.39, 0.29) is 63.7 Å². The van der Waals surface area contributed by atoms with Gasteiger partial charge in [-0.05, 0) is 47.7 Å². The van der Waals surface area contributed by atoms with Crippen molar-refractivity contribution in [3.8, 4) is 28.7 Å². The third-order valence-electron chi connectivity index (χ3n) is 6.58. The fourth-order valence-electron chi connectivity index (χ4n) is 4.18. The van der Waals surface area contributed by atoms with E-state index in [1.165, 1.54) is 42.8 Å². The number of pyridine rings is 1. The van der Waals surface area contributed by atoms with E-state index in [1.807, 2.05) is 0 Å². The van der Waals surface area contributed by atoms with Crippen LogP contribution in [0.3, 0.4) is 0 Å². The summed E-state index contributed by atoms with van der Waals surface area (Å²) in [5, 5.41) is 8.90. The van der Waals surface area contributed by atoms with Gasteiger partial charge >= 0.3 is 0 Å². The van der Waals surface area contributed by atoms with E-state index in [1.54, 1.807) is 6.07 Å². The van der Waals surface area contributed by atoms with Crippen LogP contribution in [0.25, 0.3) is 22.8 Å². The number of benzene rings is 2. The quantitative estimate of drug-likeness (QED) is 0.215. The van der Waals surface area contributed by atoms with Gasteiger partial charge in [0.2, 0.25) is 17.5 Å². The van der Waals surface area contributed by atoms with Gasteiger partial charge in [-0.15, -0.1) is 5.10 Å². The van der Waals surface area contributed by atoms with Crippen molar-refractivity contribution in [2.75, 3.05) is 13.2 Å². The van der Waals surface area contributed by atoms with E-state index in [0.717, 1.165) is 25.3 Å². The first kappa shape index (κ1) is 30.1. The molecule has 1 aliphatic heterocycles. The van der Waals surface area contributed by atoms with Crippen molar-refractivity contribution in [2.24, 2.45) is 5.41 Å². The highest BCUT2D eigenvalue weighted by atomic mass is 35.5. The van der Waals surface area contributed by atoms with Gasteiger partial charge in [-0.1, -0.05) is 37.6 Å². The minimum atomic E-state index is -0.712. The molecule has 0 amide bonds. The van der Waals surface area contributed by atoms with Gasteiger partial charge < -0.3 is 14.0 Å². The SMILES string of the molecule is CC1(C)CCOC1.O=c1cc(-c2n[nH]c(Cc3cc(F)c(-c4cccc(OCc5ccc(Cl)cc5F)n4)cc3F)n2)o[nH]1. The van der Waals surface area contributed by atoms with Crippen LogP contribution in [0.4, 0.5) is 13.2 Å². The van der Waals surface area contributed by atoms with Crippen LogP contribution in [0.2, 0.25) is 5.02 Å². The first-order valence-corrected chi connectivity index (χ1v) is 13.6. The summed E-state index contributed by atoms with van der Waals surface area (Å²) in [4.78, 5) is 19.6. The molecule has 5 aromatic rings. The standard InChI is InChI=1S/C24H15ClF3N5O3.C6H12O/c25-14-5-4-12(16(26)8-14)11-35-23-3-1-2-19(29-23)15-9-17(27)13(6-18(15)28)7-21-30-24(32-31-21)20-10-22(34)33-36-20;1-6(2)3-4-7-5-6/h1-6,8-10H,7,11H2,(H,33,34)(H,30,31,32);3-5H2,1-2H3. The highest BCUT2D eigenvalue weighted by Gasteiger charge is 2.23. The Morgan fingerprint density at radius 3 is 2.49 bits per heavy atom. The molecule has 0 radical (unpaired) electrons. The smallest absolute Gasteiger partial charge is 0.280 e. The van der Waals surface area contributed by atoms with Crippen LogP contribution < -0.4 is 10.3 Å². The number of aromatic amines is 2. The Morgan fingerprint density at radius 1 is 1.00 bits per heavy atom. The maximum Gasteiger partial charge on any atom is 0.280 e. The van der Waals surface area contributed by atoms with Crippen molar-refractivity contribution in [3.05, 3.63) is 104 Å². The molecule has 0 bridgehead atoms. The molecule has 9 nitrogen and oxygen atoms in total. The maximum atomic E-state index is 15.0. The molecule has 1 saturated heterocycles. The number of nitrogens with one attached hydrogen (secondary N) is 2. The Labute approximate surface area is 249 Å². The lowest BCUT2D eigenvalue weighted by Crippen LogP contribution is -2.08. The minimum absolute atomic E-state index is 0.0279. The number of ether oxygens (including phenoxy) is 2. The number of hydrogen-bond acceptors (Lipinski definition) is 7. The molecule has 0 atom stereocenters. The maximum absolute atomic E-state index is 15.0. The second kappa shape index (κ2) is 12.8. The van der Waals surface area contributed by atoms with Crippen molar-refractivity contribution >= 4 is 11.6 Å². The highest BCUT2D eigenvalue weighted by molar-refractivity contribution is 6.30. The molecule has 2 aromatic carbocycles. The average molecular weight is 614 g/mol. The molecular weight excluding hydrogens is 587 g/mol. The van der Waals surface area contributed by atoms with E-state index in [9.17, 15) is 18.0 Å². The van der Waals surface area contributed by atoms with Gasteiger partial charge in [0.05, 0.1) is 18.4 Å². The van der Waals surface area contributed by atoms with Crippen molar-refractivity contribution in [1.82, 2.24) is 25.3 Å². The van der Waals surface area contributed by atoms with Crippen LogP contribution in [0.5, 0.6) is 5.88 Å². The van der Waals surface area contributed by atoms with E-state index in [2.05, 4.69) is 39.2 Å². The van der Waals surface area contributed by atoms with Crippen LogP contribution in [0.15, 0.2) is 63.9 Å². The molecular formula is C30H27ClF3N5O4. The predicted molar refractivity (Wildman–Crippen MR) is 152 cm³/mol. The van der Waals surface area contributed by atoms with Gasteiger partial charge in [-0.2, -0.15) is 5.16 Å². The summed E-state index contributed by atoms with van der Waals surface area (Å²) >= 11 is 5.75. The van der Waals surface area contributed by atoms with Gasteiger partial charge in [-0.25, -0.2) is 23.1 Å². The molecule has 6 rings (SSSR count). The largest absolute Gasteiger partial charge is 0.473 e. The first-order valence-electron chi connectivity index (χ1n) is 13.3. The summed E-state index contributed by atoms with van der Waals surface area (Å²) in [6.07, 6.45) is 1.14. The third-order valence-corrected chi connectivity index (χ3v) is 6.81. The fourth-order valence-corrected chi connectivity index (χ4v) is 4.34. The molecule has 2 N–H and O–H groups in total. The first-order chi connectivity index (χ1) is 20.6. The molecule has 0 unspecified atom stereocenters. The Hall–Kier alpha value is -4.42. The van der Waals surface area contributed by atoms with Crippen molar-refractivity contribution in [2.45, 2.75) is 33.3 Å². The Kier molecular flexibility index (Phi) is 8.97. The molecule has 0 saturated carbocycles. The van der Waals surface area contributed by atoms with Crippen molar-refractivity contribution in [1.29, 1.82) is 0 Å². The van der Waals surface area contributed by atoms with Gasteiger partial charge in [-0.3, -0.25) is 9.89 Å². The molecule has 1 aliphatic rings. The Balaban J connectivity index is 0.000000463. The zero-order valence-corrected chi connectivity index (χ0v) is 24.0. The number of H-pyrrole nitrogens is 2. The lowest BCUT2D eigenvalue weighted by molar-refractivity contribution is 0.167. The second-order valence-electron chi connectivity index (χ2n) is 10.6. The van der Waals surface area contributed by atoms with Crippen LogP contribution in [0, 0.1) is 22.9 Å². The summed E-state index contributed by atoms with van der Waals surface area (Å²) in [6, 6.07) is 12.0. The molecule has 43 heavy (non-hydrogen) atoms. The van der Waals surface area contributed by atoms with Gasteiger partial charge in [0.1, 0.15) is 29.9 Å². The number of halogens is 4. The van der Waals surface area contributed by atoms with Crippen LogP contribution >= 0.6 is 11.6 Å². The third kappa shape index (κ3) is 7.70. The van der Waals surface area contributed by atoms with Gasteiger partial charge in [0.15, 0.2) is 0 Å². The van der Waals surface area contributed by atoms with E-state index < -0.39 is 23.0 Å². The molecule has 13 heteroatoms. The zero-order chi connectivity index (χ0) is 30.6. The van der Waals surface area contributed by atoms with E-state index in [4.69, 9.17) is 25.6 Å². The molecule has 4 heterocycles. The Bertz CT molecular complexity index is 1780. The number of rotatable bonds is 7. The summed E-state index contributed by atoms with van der Waals surface area (Å²) in [7, 11) is 0. The van der Waals surface area contributed by atoms with Crippen LogP contribution in [0.1, 0.15) is 37.2 Å². The lowest BCUT2D eigenvalue weighted by Gasteiger charge is -2.11. The molecule has 1 fully saturated rings. The number of nitrogens with zero attached hydrogens (tertiary/aromatic N) is 3. The number of aromatic nitrogens is 5. The molecule has 0 spiro atoms. The lowest BCUT2D eigenvalue weighted by atomic mass is 9.94. The predicted octanol–water partition coefficient (Wildman–Crippen LogP) is 6.49. The summed E-state index contributed by atoms with van der Waals surface area (Å²) in [5.41, 5.74) is 0.367. The molecule has 0 aliphatic carbocycles. The van der Waals surface area contributed by atoms with Crippen molar-refractivity contribution in [3.63, 3.8) is 0 Å². The topological polar surface area (TPSA) is 119 Å². The highest BCUT2D eigenvalue weighted by Crippen LogP contribution is 2.28. The van der Waals surface area contributed by atoms with Gasteiger partial charge in [0, 0.05) is 35.2 Å². The van der Waals surface area contributed by atoms with Gasteiger partial charge in [0.25, 0.3) is 5.56 Å². The van der Waals surface area contributed by atoms with Crippen molar-refractivity contribution < 1.29 is 27.2 Å². The van der Waals surface area contributed by atoms with E-state index in [0.29, 0.717) is 5.41 Å². The minimum Gasteiger partial charge on any atom is -0.473 e. The molecule has 224 valence electrons. The van der Waals surface area contributed by atoms with E-state index >= 15 is 0 Å². The average Bonchev–Trinajstić information content (AvgIpc) is 3.72. The Morgan fingerprint density at radius 2 is 1.81 bits per heavy atom. The zero-order valence-electron chi connectivity index (χ0n) is 23.2. The monoisotopic (exact) mass is 613 g/mol. The second-order valence-corrected chi connectivity index (χ2v) is 11.1. The molecule has 3 aromatic heterocycles. The normalized spacial score (nSPS) is 13.9.